The van der Waals surface area contributed by atoms with Crippen molar-refractivity contribution in [1.82, 2.24) is 0 Å². The van der Waals surface area contributed by atoms with Crippen molar-refractivity contribution in [2.45, 2.75) is 237 Å². The summed E-state index contributed by atoms with van der Waals surface area (Å²) in [4.78, 5) is 21.5. The molecule has 8 heteroatoms. The maximum atomic E-state index is 11.2. The molecule has 300 valence electrons. The van der Waals surface area contributed by atoms with E-state index < -0.39 is 30.1 Å². The number of unbranched alkanes of at least 4 members (excludes halogenated alkanes) is 28. The van der Waals surface area contributed by atoms with Gasteiger partial charge in [0.15, 0.2) is 0 Å². The first-order chi connectivity index (χ1) is 24.3. The Labute approximate surface area is 308 Å². The SMILES string of the molecule is CCCCCCCCCCCCCCCCCC(=O)O.O=C(O)C(CCCCCCCCCCCCCCCCCC(O)CO)CC(O)CO. The third-order valence-corrected chi connectivity index (χ3v) is 9.91. The number of carboxylic acid groups (broad SMARTS) is 2. The number of hydrogen-bond acceptors (Lipinski definition) is 6. The summed E-state index contributed by atoms with van der Waals surface area (Å²) < 4.78 is 0. The van der Waals surface area contributed by atoms with Crippen molar-refractivity contribution in [3.8, 4) is 0 Å². The van der Waals surface area contributed by atoms with Gasteiger partial charge in [-0.2, -0.15) is 0 Å². The minimum absolute atomic E-state index is 0.120. The molecule has 0 amide bonds. The van der Waals surface area contributed by atoms with Crippen LogP contribution in [0.5, 0.6) is 0 Å². The summed E-state index contributed by atoms with van der Waals surface area (Å²) in [7, 11) is 0. The van der Waals surface area contributed by atoms with Crippen molar-refractivity contribution in [2.24, 2.45) is 5.92 Å². The highest BCUT2D eigenvalue weighted by Crippen LogP contribution is 2.19. The van der Waals surface area contributed by atoms with Gasteiger partial charge in [0.1, 0.15) is 0 Å². The van der Waals surface area contributed by atoms with E-state index in [0.717, 1.165) is 44.9 Å². The molecule has 0 aliphatic rings. The van der Waals surface area contributed by atoms with Crippen molar-refractivity contribution in [2.75, 3.05) is 13.2 Å². The summed E-state index contributed by atoms with van der Waals surface area (Å²) in [5.74, 6) is -2.08. The zero-order valence-electron chi connectivity index (χ0n) is 32.7. The van der Waals surface area contributed by atoms with E-state index in [2.05, 4.69) is 6.92 Å². The summed E-state index contributed by atoms with van der Waals surface area (Å²) >= 11 is 0. The second-order valence-corrected chi connectivity index (χ2v) is 14.9. The van der Waals surface area contributed by atoms with Gasteiger partial charge in [-0.25, -0.2) is 0 Å². The highest BCUT2D eigenvalue weighted by atomic mass is 16.4. The quantitative estimate of drug-likeness (QED) is 0.0343. The molecule has 0 saturated carbocycles. The van der Waals surface area contributed by atoms with E-state index in [1.807, 2.05) is 0 Å². The molecule has 0 saturated heterocycles. The molecule has 3 atom stereocenters. The first-order valence-electron chi connectivity index (χ1n) is 21.3. The topological polar surface area (TPSA) is 156 Å². The van der Waals surface area contributed by atoms with Crippen molar-refractivity contribution in [3.63, 3.8) is 0 Å². The van der Waals surface area contributed by atoms with Crippen molar-refractivity contribution in [3.05, 3.63) is 0 Å². The van der Waals surface area contributed by atoms with Gasteiger partial charge in [0.25, 0.3) is 0 Å². The summed E-state index contributed by atoms with van der Waals surface area (Å²) in [6.45, 7) is 1.78. The van der Waals surface area contributed by atoms with Crippen LogP contribution in [0.3, 0.4) is 0 Å². The van der Waals surface area contributed by atoms with E-state index in [1.165, 1.54) is 148 Å². The fourth-order valence-electron chi connectivity index (χ4n) is 6.55. The molecular weight excluding hydrogens is 632 g/mol. The maximum Gasteiger partial charge on any atom is 0.306 e. The molecule has 0 spiro atoms. The molecular formula is C42H84O8. The lowest BCUT2D eigenvalue weighted by atomic mass is 9.94. The average molecular weight is 717 g/mol. The third-order valence-electron chi connectivity index (χ3n) is 9.91. The van der Waals surface area contributed by atoms with Crippen molar-refractivity contribution >= 4 is 11.9 Å². The lowest BCUT2D eigenvalue weighted by molar-refractivity contribution is -0.143. The van der Waals surface area contributed by atoms with Gasteiger partial charge in [-0.05, 0) is 25.7 Å². The van der Waals surface area contributed by atoms with Gasteiger partial charge in [-0.3, -0.25) is 9.59 Å². The number of hydrogen-bond donors (Lipinski definition) is 6. The molecule has 0 radical (unpaired) electrons. The molecule has 0 rings (SSSR count). The number of aliphatic hydroxyl groups excluding tert-OH is 4. The minimum Gasteiger partial charge on any atom is -0.481 e. The molecule has 50 heavy (non-hydrogen) atoms. The largest absolute Gasteiger partial charge is 0.481 e. The second-order valence-electron chi connectivity index (χ2n) is 14.9. The Morgan fingerprint density at radius 2 is 0.720 bits per heavy atom. The second kappa shape index (κ2) is 42.2. The van der Waals surface area contributed by atoms with Gasteiger partial charge < -0.3 is 30.6 Å². The minimum atomic E-state index is -0.927. The molecule has 0 aromatic rings. The molecule has 0 aliphatic carbocycles. The first kappa shape index (κ1) is 50.9. The fraction of sp³-hybridized carbons (Fsp3) is 0.952. The van der Waals surface area contributed by atoms with Gasteiger partial charge in [-0.15, -0.1) is 0 Å². The fourth-order valence-corrected chi connectivity index (χ4v) is 6.55. The molecule has 0 bridgehead atoms. The monoisotopic (exact) mass is 717 g/mol. The van der Waals surface area contributed by atoms with Crippen LogP contribution in [0.15, 0.2) is 0 Å². The number of rotatable bonds is 39. The molecule has 0 aliphatic heterocycles. The number of aliphatic carboxylic acids is 2. The van der Waals surface area contributed by atoms with Crippen LogP contribution in [-0.2, 0) is 9.59 Å². The van der Waals surface area contributed by atoms with E-state index in [4.69, 9.17) is 20.4 Å². The van der Waals surface area contributed by atoms with Crippen LogP contribution in [-0.4, -0.2) is 68.0 Å². The van der Waals surface area contributed by atoms with E-state index in [-0.39, 0.29) is 19.6 Å². The average Bonchev–Trinajstić information content (AvgIpc) is 3.10. The van der Waals surface area contributed by atoms with Gasteiger partial charge in [0.2, 0.25) is 0 Å². The lowest BCUT2D eigenvalue weighted by Gasteiger charge is -2.15. The standard InChI is InChI=1S/C24H48O6.C18H36O2/c25-19-22(27)17-15-13-11-9-7-5-3-1-2-4-6-8-10-12-14-16-21(24(29)30)18-23(28)20-26;1-2-3-4-5-6-7-8-9-10-11-12-13-14-15-16-17-18(19)20/h21-23,25-28H,1-20H2,(H,29,30);2-17H2,1H3,(H,19,20). The lowest BCUT2D eigenvalue weighted by Crippen LogP contribution is -2.23. The van der Waals surface area contributed by atoms with Gasteiger partial charge in [0.05, 0.1) is 31.3 Å². The predicted molar refractivity (Wildman–Crippen MR) is 208 cm³/mol. The zero-order chi connectivity index (χ0) is 37.3. The van der Waals surface area contributed by atoms with Gasteiger partial charge in [0, 0.05) is 6.42 Å². The van der Waals surface area contributed by atoms with Crippen LogP contribution < -0.4 is 0 Å². The summed E-state index contributed by atoms with van der Waals surface area (Å²) in [6.07, 6.45) is 38.2. The van der Waals surface area contributed by atoms with Crippen LogP contribution in [0.4, 0.5) is 0 Å². The molecule has 8 nitrogen and oxygen atoms in total. The molecule has 0 heterocycles. The third kappa shape index (κ3) is 42.9. The van der Waals surface area contributed by atoms with E-state index in [0.29, 0.717) is 19.3 Å². The van der Waals surface area contributed by atoms with Gasteiger partial charge in [-0.1, -0.05) is 193 Å². The Morgan fingerprint density at radius 3 is 1.02 bits per heavy atom. The van der Waals surface area contributed by atoms with Crippen molar-refractivity contribution in [1.29, 1.82) is 0 Å². The summed E-state index contributed by atoms with van der Waals surface area (Å²) in [5, 5.41) is 53.9. The Kier molecular flexibility index (Phi) is 42.9. The van der Waals surface area contributed by atoms with Crippen LogP contribution in [0.2, 0.25) is 0 Å². The van der Waals surface area contributed by atoms with Crippen LogP contribution in [0.25, 0.3) is 0 Å². The predicted octanol–water partition coefficient (Wildman–Crippen LogP) is 10.7. The summed E-state index contributed by atoms with van der Waals surface area (Å²) in [5.41, 5.74) is 0. The van der Waals surface area contributed by atoms with E-state index in [9.17, 15) is 19.8 Å². The summed E-state index contributed by atoms with van der Waals surface area (Å²) in [6, 6.07) is 0. The van der Waals surface area contributed by atoms with E-state index in [1.54, 1.807) is 0 Å². The molecule has 0 aromatic heterocycles. The Hall–Kier alpha value is -1.22. The highest BCUT2D eigenvalue weighted by molar-refractivity contribution is 5.69. The Morgan fingerprint density at radius 1 is 0.420 bits per heavy atom. The molecule has 0 aromatic carbocycles. The normalized spacial score (nSPS) is 13.1. The number of carboxylic acids is 2. The van der Waals surface area contributed by atoms with Gasteiger partial charge >= 0.3 is 11.9 Å². The first-order valence-corrected chi connectivity index (χ1v) is 21.3. The molecule has 0 fully saturated rings. The van der Waals surface area contributed by atoms with E-state index >= 15 is 0 Å². The van der Waals surface area contributed by atoms with Crippen molar-refractivity contribution < 1.29 is 40.2 Å². The Balaban J connectivity index is 0. The van der Waals surface area contributed by atoms with Crippen LogP contribution in [0.1, 0.15) is 225 Å². The molecule has 3 unspecified atom stereocenters. The Bertz CT molecular complexity index is 689. The smallest absolute Gasteiger partial charge is 0.306 e. The zero-order valence-corrected chi connectivity index (χ0v) is 32.7. The number of carbonyl (C=O) groups is 2. The number of aliphatic hydroxyl groups is 4. The maximum absolute atomic E-state index is 11.2. The highest BCUT2D eigenvalue weighted by Gasteiger charge is 2.20. The van der Waals surface area contributed by atoms with Crippen LogP contribution in [0, 0.1) is 5.92 Å². The molecule has 6 N–H and O–H groups in total. The van der Waals surface area contributed by atoms with Crippen LogP contribution >= 0.6 is 0 Å².